The van der Waals surface area contributed by atoms with Crippen molar-refractivity contribution in [1.82, 2.24) is 19.9 Å². The lowest BCUT2D eigenvalue weighted by Crippen LogP contribution is -2.36. The van der Waals surface area contributed by atoms with Crippen LogP contribution >= 0.6 is 0 Å². The maximum absolute atomic E-state index is 13.7. The van der Waals surface area contributed by atoms with Crippen molar-refractivity contribution in [2.45, 2.75) is 6.92 Å². The summed E-state index contributed by atoms with van der Waals surface area (Å²) in [6, 6.07) is 13.4. The van der Waals surface area contributed by atoms with E-state index in [1.165, 1.54) is 11.2 Å². The molecule has 4 N–H and O–H groups in total. The van der Waals surface area contributed by atoms with E-state index < -0.39 is 11.8 Å². The van der Waals surface area contributed by atoms with Gasteiger partial charge in [0.15, 0.2) is 5.69 Å². The van der Waals surface area contributed by atoms with Crippen molar-refractivity contribution in [3.05, 3.63) is 65.7 Å². The van der Waals surface area contributed by atoms with E-state index in [1.807, 2.05) is 49.4 Å². The average molecular weight is 445 g/mol. The number of nitrogens with two attached hydrogens (primary N) is 1. The van der Waals surface area contributed by atoms with E-state index in [0.29, 0.717) is 30.4 Å². The summed E-state index contributed by atoms with van der Waals surface area (Å²) in [5.41, 5.74) is 9.36. The number of morpholine rings is 1. The molecule has 10 nitrogen and oxygen atoms in total. The number of hydrogen-bond acceptors (Lipinski definition) is 6. The van der Waals surface area contributed by atoms with E-state index in [-0.39, 0.29) is 11.4 Å². The zero-order valence-corrected chi connectivity index (χ0v) is 18.0. The number of rotatable bonds is 5. The third kappa shape index (κ3) is 3.80. The fourth-order valence-electron chi connectivity index (χ4n) is 4.03. The van der Waals surface area contributed by atoms with Gasteiger partial charge < -0.3 is 25.3 Å². The van der Waals surface area contributed by atoms with Gasteiger partial charge in [-0.2, -0.15) is 0 Å². The molecule has 2 aromatic carbocycles. The average Bonchev–Trinajstić information content (AvgIpc) is 3.48. The minimum atomic E-state index is -0.788. The number of carbonyl (C=O) groups is 2. The van der Waals surface area contributed by atoms with Gasteiger partial charge in [0.2, 0.25) is 5.95 Å². The SMILES string of the molecule is Cc1cc(N2CCOCC2)ccc1N(C(=O)c1[nH]cnc1C(N)=O)c1nc2ccccc2[nH]1. The van der Waals surface area contributed by atoms with E-state index in [0.717, 1.165) is 29.9 Å². The van der Waals surface area contributed by atoms with E-state index >= 15 is 0 Å². The fraction of sp³-hybridized carbons (Fsp3) is 0.217. The van der Waals surface area contributed by atoms with Crippen LogP contribution in [0, 0.1) is 6.92 Å². The van der Waals surface area contributed by atoms with Gasteiger partial charge in [0, 0.05) is 18.8 Å². The van der Waals surface area contributed by atoms with Crippen LogP contribution in [0.1, 0.15) is 26.5 Å². The number of nitrogens with zero attached hydrogens (tertiary/aromatic N) is 4. The topological polar surface area (TPSA) is 133 Å². The van der Waals surface area contributed by atoms with Gasteiger partial charge in [-0.15, -0.1) is 0 Å². The van der Waals surface area contributed by atoms with E-state index in [4.69, 9.17) is 10.5 Å². The Morgan fingerprint density at radius 3 is 2.67 bits per heavy atom. The first-order valence-corrected chi connectivity index (χ1v) is 10.6. The lowest BCUT2D eigenvalue weighted by atomic mass is 10.1. The maximum Gasteiger partial charge on any atom is 0.284 e. The number of aryl methyl sites for hydroxylation is 1. The van der Waals surface area contributed by atoms with Gasteiger partial charge in [-0.25, -0.2) is 14.9 Å². The van der Waals surface area contributed by atoms with Crippen LogP contribution in [-0.2, 0) is 4.74 Å². The summed E-state index contributed by atoms with van der Waals surface area (Å²) < 4.78 is 5.45. The summed E-state index contributed by atoms with van der Waals surface area (Å²) in [7, 11) is 0. The van der Waals surface area contributed by atoms with Gasteiger partial charge in [-0.1, -0.05) is 12.1 Å². The van der Waals surface area contributed by atoms with Crippen LogP contribution < -0.4 is 15.5 Å². The minimum Gasteiger partial charge on any atom is -0.378 e. The number of nitrogens with one attached hydrogen (secondary N) is 2. The second kappa shape index (κ2) is 8.40. The van der Waals surface area contributed by atoms with Crippen molar-refractivity contribution in [3.63, 3.8) is 0 Å². The van der Waals surface area contributed by atoms with Crippen molar-refractivity contribution in [3.8, 4) is 0 Å². The molecule has 0 aliphatic carbocycles. The third-order valence-corrected chi connectivity index (χ3v) is 5.68. The zero-order chi connectivity index (χ0) is 22.9. The Morgan fingerprint density at radius 1 is 1.15 bits per heavy atom. The molecular weight excluding hydrogens is 422 g/mol. The first-order valence-electron chi connectivity index (χ1n) is 10.6. The van der Waals surface area contributed by atoms with E-state index in [9.17, 15) is 9.59 Å². The predicted octanol–water partition coefficient (Wildman–Crippen LogP) is 2.51. The van der Waals surface area contributed by atoms with Crippen molar-refractivity contribution < 1.29 is 14.3 Å². The van der Waals surface area contributed by atoms with Crippen LogP contribution in [0.15, 0.2) is 48.8 Å². The molecule has 0 spiro atoms. The fourth-order valence-corrected chi connectivity index (χ4v) is 4.03. The molecule has 33 heavy (non-hydrogen) atoms. The Kier molecular flexibility index (Phi) is 5.27. The first-order chi connectivity index (χ1) is 16.0. The van der Waals surface area contributed by atoms with Crippen LogP contribution in [0.3, 0.4) is 0 Å². The summed E-state index contributed by atoms with van der Waals surface area (Å²) in [5, 5.41) is 0. The number of H-pyrrole nitrogens is 2. The number of fused-ring (bicyclic) bond motifs is 1. The van der Waals surface area contributed by atoms with Gasteiger partial charge in [-0.05, 0) is 42.8 Å². The number of aromatic nitrogens is 4. The Hall–Kier alpha value is -4.18. The van der Waals surface area contributed by atoms with E-state index in [1.54, 1.807) is 0 Å². The molecule has 1 aliphatic rings. The summed E-state index contributed by atoms with van der Waals surface area (Å²) in [5.74, 6) is -0.959. The number of primary amides is 1. The van der Waals surface area contributed by atoms with Crippen molar-refractivity contribution in [2.24, 2.45) is 5.73 Å². The van der Waals surface area contributed by atoms with Crippen LogP contribution in [0.5, 0.6) is 0 Å². The van der Waals surface area contributed by atoms with Crippen LogP contribution in [0.2, 0.25) is 0 Å². The van der Waals surface area contributed by atoms with Crippen LogP contribution in [-0.4, -0.2) is 58.1 Å². The molecule has 2 aromatic heterocycles. The Balaban J connectivity index is 1.61. The lowest BCUT2D eigenvalue weighted by molar-refractivity contribution is 0.0961. The third-order valence-electron chi connectivity index (χ3n) is 5.68. The first kappa shape index (κ1) is 20.7. The number of carbonyl (C=O) groups excluding carboxylic acids is 2. The molecule has 1 fully saturated rings. The molecule has 4 aromatic rings. The molecule has 0 bridgehead atoms. The highest BCUT2D eigenvalue weighted by Gasteiger charge is 2.29. The van der Waals surface area contributed by atoms with Gasteiger partial charge >= 0.3 is 0 Å². The standard InChI is InChI=1S/C23H23N7O3/c1-14-12-15(29-8-10-33-11-9-29)6-7-18(14)30(22(32)20-19(21(24)31)25-13-26-20)23-27-16-4-2-3-5-17(16)28-23/h2-7,12-13H,8-11H2,1H3,(H2,24,31)(H,25,26)(H,27,28). The smallest absolute Gasteiger partial charge is 0.284 e. The Morgan fingerprint density at radius 2 is 1.94 bits per heavy atom. The Labute approximate surface area is 189 Å². The molecule has 0 radical (unpaired) electrons. The van der Waals surface area contributed by atoms with Crippen molar-refractivity contribution in [1.29, 1.82) is 0 Å². The summed E-state index contributed by atoms with van der Waals surface area (Å²) in [6.07, 6.45) is 1.28. The highest BCUT2D eigenvalue weighted by Crippen LogP contribution is 2.32. The molecule has 1 aliphatic heterocycles. The van der Waals surface area contributed by atoms with Crippen molar-refractivity contribution >= 4 is 40.2 Å². The number of hydrogen-bond donors (Lipinski definition) is 3. The number of anilines is 3. The highest BCUT2D eigenvalue weighted by atomic mass is 16.5. The molecule has 3 heterocycles. The zero-order valence-electron chi connectivity index (χ0n) is 18.0. The number of aromatic amines is 2. The molecule has 10 heteroatoms. The quantitative estimate of drug-likeness (QED) is 0.432. The second-order valence-electron chi connectivity index (χ2n) is 7.78. The second-order valence-corrected chi connectivity index (χ2v) is 7.78. The highest BCUT2D eigenvalue weighted by molar-refractivity contribution is 6.14. The number of amides is 2. The molecule has 168 valence electrons. The summed E-state index contributed by atoms with van der Waals surface area (Å²) in [6.45, 7) is 4.91. The summed E-state index contributed by atoms with van der Waals surface area (Å²) in [4.78, 5) is 43.7. The number of para-hydroxylation sites is 2. The number of ether oxygens (including phenoxy) is 1. The molecule has 2 amide bonds. The van der Waals surface area contributed by atoms with E-state index in [2.05, 4.69) is 24.8 Å². The maximum atomic E-state index is 13.7. The predicted molar refractivity (Wildman–Crippen MR) is 124 cm³/mol. The molecule has 0 unspecified atom stereocenters. The van der Waals surface area contributed by atoms with Gasteiger partial charge in [0.05, 0.1) is 36.3 Å². The Bertz CT molecular complexity index is 1300. The molecule has 0 atom stereocenters. The van der Waals surface area contributed by atoms with Gasteiger partial charge in [-0.3, -0.25) is 9.59 Å². The van der Waals surface area contributed by atoms with Crippen LogP contribution in [0.25, 0.3) is 11.0 Å². The van der Waals surface area contributed by atoms with Gasteiger partial charge in [0.1, 0.15) is 5.69 Å². The number of imidazole rings is 2. The molecule has 0 saturated carbocycles. The summed E-state index contributed by atoms with van der Waals surface area (Å²) >= 11 is 0. The normalized spacial score (nSPS) is 13.9. The molecular formula is C23H23N7O3. The lowest BCUT2D eigenvalue weighted by Gasteiger charge is -2.30. The van der Waals surface area contributed by atoms with Crippen molar-refractivity contribution in [2.75, 3.05) is 36.1 Å². The minimum absolute atomic E-state index is 0.000359. The molecule has 1 saturated heterocycles. The van der Waals surface area contributed by atoms with Crippen LogP contribution in [0.4, 0.5) is 17.3 Å². The van der Waals surface area contributed by atoms with Gasteiger partial charge in [0.25, 0.3) is 11.8 Å². The largest absolute Gasteiger partial charge is 0.378 e. The monoisotopic (exact) mass is 445 g/mol. The number of benzene rings is 2. The molecule has 5 rings (SSSR count).